The average Bonchev–Trinajstić information content (AvgIpc) is 2.72. The van der Waals surface area contributed by atoms with Gasteiger partial charge in [0, 0.05) is 24.0 Å². The van der Waals surface area contributed by atoms with Gasteiger partial charge in [0.05, 0.1) is 0 Å². The molecule has 4 nitrogen and oxygen atoms in total. The van der Waals surface area contributed by atoms with Crippen molar-refractivity contribution in [3.05, 3.63) is 59.7 Å². The number of benzene rings is 2. The number of carbonyl (C=O) groups excluding carboxylic acids is 2. The van der Waals surface area contributed by atoms with Crippen molar-refractivity contribution in [2.24, 2.45) is 0 Å². The molecular weight excluding hydrogens is 328 g/mol. The molecule has 0 unspecified atom stereocenters. The van der Waals surface area contributed by atoms with Gasteiger partial charge in [-0.05, 0) is 48.5 Å². The highest BCUT2D eigenvalue weighted by Crippen LogP contribution is 2.15. The third-order valence-electron chi connectivity index (χ3n) is 3.62. The molecule has 0 aromatic heterocycles. The molecule has 0 fully saturated rings. The number of Topliss-reactive ketones (excluding diaryl/α,β-unsaturated/α-hetero) is 2. The maximum absolute atomic E-state index is 11.5. The van der Waals surface area contributed by atoms with E-state index < -0.39 is 0 Å². The second kappa shape index (κ2) is 11.9. The number of hydrogen-bond acceptors (Lipinski definition) is 4. The lowest BCUT2D eigenvalue weighted by Crippen LogP contribution is -2.09. The molecule has 0 aliphatic carbocycles. The molecule has 0 N–H and O–H groups in total. The molecule has 0 bridgehead atoms. The third-order valence-corrected chi connectivity index (χ3v) is 3.62. The van der Waals surface area contributed by atoms with Crippen LogP contribution in [-0.2, 0) is 0 Å². The fraction of sp³-hybridized carbons (Fsp3) is 0.364. The predicted molar refractivity (Wildman–Crippen MR) is 104 cm³/mol. The summed E-state index contributed by atoms with van der Waals surface area (Å²) in [4.78, 5) is 23.1. The van der Waals surface area contributed by atoms with Gasteiger partial charge in [0.2, 0.25) is 0 Å². The van der Waals surface area contributed by atoms with Gasteiger partial charge in [-0.3, -0.25) is 9.59 Å². The van der Waals surface area contributed by atoms with Gasteiger partial charge < -0.3 is 9.47 Å². The zero-order valence-electron chi connectivity index (χ0n) is 16.1. The zero-order valence-corrected chi connectivity index (χ0v) is 16.1. The lowest BCUT2D eigenvalue weighted by atomic mass is 10.1. The molecule has 0 atom stereocenters. The van der Waals surface area contributed by atoms with Gasteiger partial charge in [0.25, 0.3) is 0 Å². The quantitative estimate of drug-likeness (QED) is 0.448. The second-order valence-corrected chi connectivity index (χ2v) is 5.30. The van der Waals surface area contributed by atoms with E-state index >= 15 is 0 Å². The molecule has 0 heterocycles. The van der Waals surface area contributed by atoms with Crippen molar-refractivity contribution in [1.29, 1.82) is 0 Å². The Morgan fingerprint density at radius 1 is 0.654 bits per heavy atom. The number of rotatable bonds is 9. The molecular formula is C22H28O4. The molecule has 0 saturated carbocycles. The Morgan fingerprint density at radius 3 is 1.23 bits per heavy atom. The summed E-state index contributed by atoms with van der Waals surface area (Å²) in [5.74, 6) is 1.65. The van der Waals surface area contributed by atoms with E-state index in [2.05, 4.69) is 0 Å². The molecule has 4 heteroatoms. The number of carbonyl (C=O) groups is 2. The molecule has 26 heavy (non-hydrogen) atoms. The van der Waals surface area contributed by atoms with E-state index in [1.165, 1.54) is 0 Å². The van der Waals surface area contributed by atoms with Crippen LogP contribution in [0.15, 0.2) is 48.5 Å². The molecule has 0 saturated heterocycles. The molecule has 2 rings (SSSR count). The Labute approximate surface area is 156 Å². The number of ketones is 2. The molecule has 0 amide bonds. The first kappa shape index (κ1) is 21.4. The Balaban J connectivity index is 0.00000163. The fourth-order valence-corrected chi connectivity index (χ4v) is 2.20. The van der Waals surface area contributed by atoms with Crippen molar-refractivity contribution < 1.29 is 19.1 Å². The first-order chi connectivity index (χ1) is 12.6. The Morgan fingerprint density at radius 2 is 0.962 bits per heavy atom. The highest BCUT2D eigenvalue weighted by Gasteiger charge is 2.04. The normalized spacial score (nSPS) is 9.69. The monoisotopic (exact) mass is 356 g/mol. The van der Waals surface area contributed by atoms with E-state index in [1.807, 2.05) is 27.7 Å². The lowest BCUT2D eigenvalue weighted by molar-refractivity contribution is 0.0980. The van der Waals surface area contributed by atoms with Crippen LogP contribution in [0, 0.1) is 0 Å². The first-order valence-corrected chi connectivity index (χ1v) is 9.16. The maximum Gasteiger partial charge on any atom is 0.162 e. The smallest absolute Gasteiger partial charge is 0.162 e. The van der Waals surface area contributed by atoms with Crippen molar-refractivity contribution in [1.82, 2.24) is 0 Å². The van der Waals surface area contributed by atoms with E-state index in [1.54, 1.807) is 48.5 Å². The van der Waals surface area contributed by atoms with Gasteiger partial charge in [-0.2, -0.15) is 0 Å². The molecule has 140 valence electrons. The van der Waals surface area contributed by atoms with Gasteiger partial charge in [0.15, 0.2) is 11.6 Å². The zero-order chi connectivity index (χ0) is 19.4. The van der Waals surface area contributed by atoms with Gasteiger partial charge >= 0.3 is 0 Å². The van der Waals surface area contributed by atoms with Crippen molar-refractivity contribution in [2.75, 3.05) is 13.2 Å². The highest BCUT2D eigenvalue weighted by molar-refractivity contribution is 5.96. The fourth-order valence-electron chi connectivity index (χ4n) is 2.20. The summed E-state index contributed by atoms with van der Waals surface area (Å²) in [6.45, 7) is 8.48. The van der Waals surface area contributed by atoms with Crippen LogP contribution in [0.3, 0.4) is 0 Å². The summed E-state index contributed by atoms with van der Waals surface area (Å²) in [6, 6.07) is 14.2. The van der Waals surface area contributed by atoms with Crippen molar-refractivity contribution >= 4 is 11.6 Å². The summed E-state index contributed by atoms with van der Waals surface area (Å²) < 4.78 is 11.2. The minimum absolute atomic E-state index is 0.120. The SMILES string of the molecule is CC.CCC(=O)c1ccc(OCCOc2ccc(C(=O)CC)cc2)cc1. The summed E-state index contributed by atoms with van der Waals surface area (Å²) >= 11 is 0. The molecule has 0 radical (unpaired) electrons. The van der Waals surface area contributed by atoms with Crippen LogP contribution in [-0.4, -0.2) is 24.8 Å². The Bertz CT molecular complexity index is 611. The number of ether oxygens (including phenoxy) is 2. The molecule has 0 spiro atoms. The maximum atomic E-state index is 11.5. The van der Waals surface area contributed by atoms with Crippen molar-refractivity contribution in [2.45, 2.75) is 40.5 Å². The van der Waals surface area contributed by atoms with E-state index in [0.29, 0.717) is 48.7 Å². The van der Waals surface area contributed by atoms with Gasteiger partial charge in [-0.25, -0.2) is 0 Å². The second-order valence-electron chi connectivity index (χ2n) is 5.30. The van der Waals surface area contributed by atoms with E-state index in [0.717, 1.165) is 0 Å². The summed E-state index contributed by atoms with van der Waals surface area (Å²) in [5.41, 5.74) is 1.39. The minimum atomic E-state index is 0.120. The van der Waals surface area contributed by atoms with Gasteiger partial charge in [-0.15, -0.1) is 0 Å². The summed E-state index contributed by atoms with van der Waals surface area (Å²) in [6.07, 6.45) is 0.993. The topological polar surface area (TPSA) is 52.6 Å². The van der Waals surface area contributed by atoms with E-state index in [9.17, 15) is 9.59 Å². The predicted octanol–water partition coefficient (Wildman–Crippen LogP) is 5.36. The third kappa shape index (κ3) is 6.71. The largest absolute Gasteiger partial charge is 0.490 e. The van der Waals surface area contributed by atoms with Gasteiger partial charge in [0.1, 0.15) is 24.7 Å². The van der Waals surface area contributed by atoms with Crippen LogP contribution < -0.4 is 9.47 Å². The summed E-state index contributed by atoms with van der Waals surface area (Å²) in [7, 11) is 0. The first-order valence-electron chi connectivity index (χ1n) is 9.16. The van der Waals surface area contributed by atoms with Gasteiger partial charge in [-0.1, -0.05) is 27.7 Å². The van der Waals surface area contributed by atoms with Crippen LogP contribution in [0.1, 0.15) is 61.3 Å². The van der Waals surface area contributed by atoms with Crippen LogP contribution in [0.5, 0.6) is 11.5 Å². The van der Waals surface area contributed by atoms with Crippen LogP contribution in [0.4, 0.5) is 0 Å². The van der Waals surface area contributed by atoms with Crippen LogP contribution in [0.2, 0.25) is 0 Å². The average molecular weight is 356 g/mol. The Kier molecular flexibility index (Phi) is 9.77. The highest BCUT2D eigenvalue weighted by atomic mass is 16.5. The van der Waals surface area contributed by atoms with Crippen molar-refractivity contribution in [3.8, 4) is 11.5 Å². The Hall–Kier alpha value is -2.62. The molecule has 0 aliphatic heterocycles. The summed E-state index contributed by atoms with van der Waals surface area (Å²) in [5, 5.41) is 0. The van der Waals surface area contributed by atoms with E-state index in [-0.39, 0.29) is 11.6 Å². The molecule has 2 aromatic carbocycles. The standard InChI is InChI=1S/C20H22O4.C2H6/c1-3-19(21)15-5-9-17(10-6-15)23-13-14-24-18-11-7-16(8-12-18)20(22)4-2;1-2/h5-12H,3-4,13-14H2,1-2H3;1-2H3. The number of hydrogen-bond donors (Lipinski definition) is 0. The molecule has 2 aromatic rings. The minimum Gasteiger partial charge on any atom is -0.490 e. The van der Waals surface area contributed by atoms with Crippen LogP contribution in [0.25, 0.3) is 0 Å². The van der Waals surface area contributed by atoms with E-state index in [4.69, 9.17) is 9.47 Å². The lowest BCUT2D eigenvalue weighted by Gasteiger charge is -2.09. The van der Waals surface area contributed by atoms with Crippen molar-refractivity contribution in [3.63, 3.8) is 0 Å². The molecule has 0 aliphatic rings. The van der Waals surface area contributed by atoms with Crippen LogP contribution >= 0.6 is 0 Å².